The van der Waals surface area contributed by atoms with Crippen molar-refractivity contribution in [2.75, 3.05) is 31.5 Å². The molecule has 8 heteroatoms. The van der Waals surface area contributed by atoms with Crippen LogP contribution in [0.3, 0.4) is 0 Å². The SMILES string of the molecule is O=CCC(CCC1CCN(C(=O)c2cccc(NC3=NCC(O)CN3)c2)CC1)c1cccnc1. The summed E-state index contributed by atoms with van der Waals surface area (Å²) in [4.78, 5) is 34.7. The number of anilines is 1. The van der Waals surface area contributed by atoms with E-state index in [1.807, 2.05) is 47.5 Å². The number of nitrogens with zero attached hydrogens (tertiary/aromatic N) is 3. The lowest BCUT2D eigenvalue weighted by Gasteiger charge is -2.32. The molecule has 3 N–H and O–H groups in total. The van der Waals surface area contributed by atoms with Gasteiger partial charge in [0, 0.05) is 49.7 Å². The maximum absolute atomic E-state index is 13.1. The summed E-state index contributed by atoms with van der Waals surface area (Å²) in [6, 6.07) is 11.4. The van der Waals surface area contributed by atoms with Crippen LogP contribution >= 0.6 is 0 Å². The van der Waals surface area contributed by atoms with E-state index >= 15 is 0 Å². The molecule has 1 fully saturated rings. The number of amides is 1. The number of hydrogen-bond acceptors (Lipinski definition) is 7. The minimum Gasteiger partial charge on any atom is -0.389 e. The van der Waals surface area contributed by atoms with Crippen molar-refractivity contribution in [3.8, 4) is 0 Å². The van der Waals surface area contributed by atoms with Crippen molar-refractivity contribution in [2.24, 2.45) is 10.9 Å². The molecule has 3 heterocycles. The zero-order valence-corrected chi connectivity index (χ0v) is 19.4. The van der Waals surface area contributed by atoms with Gasteiger partial charge in [-0.15, -0.1) is 0 Å². The van der Waals surface area contributed by atoms with Gasteiger partial charge in [0.15, 0.2) is 5.96 Å². The summed E-state index contributed by atoms with van der Waals surface area (Å²) < 4.78 is 0. The summed E-state index contributed by atoms with van der Waals surface area (Å²) in [5.74, 6) is 1.43. The first-order valence-electron chi connectivity index (χ1n) is 12.1. The number of aromatic nitrogens is 1. The molecule has 34 heavy (non-hydrogen) atoms. The Morgan fingerprint density at radius 2 is 2.12 bits per heavy atom. The Bertz CT molecular complexity index is 989. The summed E-state index contributed by atoms with van der Waals surface area (Å²) in [5, 5.41) is 15.8. The van der Waals surface area contributed by atoms with Crippen LogP contribution in [0.25, 0.3) is 0 Å². The molecule has 1 amide bonds. The minimum absolute atomic E-state index is 0.0465. The zero-order chi connectivity index (χ0) is 23.8. The Morgan fingerprint density at radius 1 is 1.26 bits per heavy atom. The lowest BCUT2D eigenvalue weighted by Crippen LogP contribution is -2.42. The fourth-order valence-electron chi connectivity index (χ4n) is 4.68. The number of carbonyl (C=O) groups excluding carboxylic acids is 2. The number of carbonyl (C=O) groups is 2. The molecule has 4 rings (SSSR count). The van der Waals surface area contributed by atoms with Crippen molar-refractivity contribution in [3.63, 3.8) is 0 Å². The van der Waals surface area contributed by atoms with E-state index in [0.717, 1.165) is 56.3 Å². The van der Waals surface area contributed by atoms with Gasteiger partial charge in [-0.25, -0.2) is 0 Å². The molecule has 180 valence electrons. The monoisotopic (exact) mass is 463 g/mol. The Balaban J connectivity index is 1.27. The summed E-state index contributed by atoms with van der Waals surface area (Å²) in [6.07, 6.45) is 8.65. The third kappa shape index (κ3) is 6.41. The molecule has 2 aliphatic rings. The van der Waals surface area contributed by atoms with Gasteiger partial charge >= 0.3 is 0 Å². The molecule has 0 saturated carbocycles. The van der Waals surface area contributed by atoms with Crippen molar-refractivity contribution in [3.05, 3.63) is 59.9 Å². The van der Waals surface area contributed by atoms with Gasteiger partial charge in [0.2, 0.25) is 0 Å². The highest BCUT2D eigenvalue weighted by atomic mass is 16.3. The van der Waals surface area contributed by atoms with Crippen LogP contribution in [0, 0.1) is 5.92 Å². The van der Waals surface area contributed by atoms with Crippen LogP contribution in [0.15, 0.2) is 53.8 Å². The molecule has 0 spiro atoms. The first-order valence-corrected chi connectivity index (χ1v) is 12.1. The second kappa shape index (κ2) is 11.7. The second-order valence-electron chi connectivity index (χ2n) is 9.13. The summed E-state index contributed by atoms with van der Waals surface area (Å²) in [7, 11) is 0. The van der Waals surface area contributed by atoms with E-state index in [4.69, 9.17) is 0 Å². The minimum atomic E-state index is -0.465. The van der Waals surface area contributed by atoms with E-state index in [9.17, 15) is 14.7 Å². The van der Waals surface area contributed by atoms with Crippen molar-refractivity contribution < 1.29 is 14.7 Å². The van der Waals surface area contributed by atoms with Crippen molar-refractivity contribution in [2.45, 2.75) is 44.1 Å². The highest BCUT2D eigenvalue weighted by Gasteiger charge is 2.25. The third-order valence-electron chi connectivity index (χ3n) is 6.70. The molecule has 2 atom stereocenters. The molecule has 0 bridgehead atoms. The maximum atomic E-state index is 13.1. The van der Waals surface area contributed by atoms with Crippen LogP contribution in [0.5, 0.6) is 0 Å². The predicted octanol–water partition coefficient (Wildman–Crippen LogP) is 2.82. The zero-order valence-electron chi connectivity index (χ0n) is 19.4. The first kappa shape index (κ1) is 23.9. The summed E-state index contributed by atoms with van der Waals surface area (Å²) in [5.41, 5.74) is 2.57. The molecular formula is C26H33N5O3. The van der Waals surface area contributed by atoms with Gasteiger partial charge in [-0.2, -0.15) is 0 Å². The summed E-state index contributed by atoms with van der Waals surface area (Å²) >= 11 is 0. The van der Waals surface area contributed by atoms with Crippen molar-refractivity contribution in [1.82, 2.24) is 15.2 Å². The van der Waals surface area contributed by atoms with Gasteiger partial charge in [-0.1, -0.05) is 12.1 Å². The van der Waals surface area contributed by atoms with Crippen LogP contribution in [0.4, 0.5) is 5.69 Å². The van der Waals surface area contributed by atoms with Gasteiger partial charge in [0.25, 0.3) is 5.91 Å². The lowest BCUT2D eigenvalue weighted by atomic mass is 9.85. The van der Waals surface area contributed by atoms with Crippen LogP contribution in [0.1, 0.15) is 53.9 Å². The standard InChI is InChI=1S/C26H33N5O3/c32-14-10-20(22-4-2-11-27-16-22)7-6-19-8-12-31(13-9-19)25(34)21-3-1-5-23(15-21)30-26-28-17-24(33)18-29-26/h1-5,11,14-16,19-20,24,33H,6-10,12-13,17-18H2,(H2,28,29,30). The fraction of sp³-hybridized carbons (Fsp3) is 0.462. The quantitative estimate of drug-likeness (QED) is 0.520. The predicted molar refractivity (Wildman–Crippen MR) is 132 cm³/mol. The Hall–Kier alpha value is -3.26. The van der Waals surface area contributed by atoms with Crippen LogP contribution < -0.4 is 10.6 Å². The van der Waals surface area contributed by atoms with Gasteiger partial charge in [0.1, 0.15) is 6.29 Å². The molecule has 0 radical (unpaired) electrons. The topological polar surface area (TPSA) is 107 Å². The lowest BCUT2D eigenvalue weighted by molar-refractivity contribution is -0.108. The van der Waals surface area contributed by atoms with Crippen molar-refractivity contribution in [1.29, 1.82) is 0 Å². The smallest absolute Gasteiger partial charge is 0.253 e. The number of aliphatic hydroxyl groups is 1. The highest BCUT2D eigenvalue weighted by Crippen LogP contribution is 2.30. The van der Waals surface area contributed by atoms with Crippen LogP contribution in [-0.4, -0.2) is 65.4 Å². The second-order valence-corrected chi connectivity index (χ2v) is 9.13. The molecule has 2 unspecified atom stereocenters. The number of nitrogens with one attached hydrogen (secondary N) is 2. The number of pyridine rings is 1. The maximum Gasteiger partial charge on any atom is 0.253 e. The van der Waals surface area contributed by atoms with Gasteiger partial charge in [-0.3, -0.25) is 14.8 Å². The van der Waals surface area contributed by atoms with E-state index in [-0.39, 0.29) is 11.8 Å². The molecule has 1 aromatic heterocycles. The number of hydrogen-bond donors (Lipinski definition) is 3. The van der Waals surface area contributed by atoms with Crippen molar-refractivity contribution >= 4 is 23.8 Å². The Kier molecular flexibility index (Phi) is 8.25. The van der Waals surface area contributed by atoms with E-state index < -0.39 is 6.10 Å². The number of piperidine rings is 1. The number of rotatable bonds is 8. The normalized spacial score (nSPS) is 19.6. The summed E-state index contributed by atoms with van der Waals surface area (Å²) in [6.45, 7) is 2.32. The van der Waals surface area contributed by atoms with Gasteiger partial charge in [0.05, 0.1) is 12.6 Å². The van der Waals surface area contributed by atoms with Crippen LogP contribution in [0.2, 0.25) is 0 Å². The van der Waals surface area contributed by atoms with Crippen LogP contribution in [-0.2, 0) is 4.79 Å². The third-order valence-corrected chi connectivity index (χ3v) is 6.70. The van der Waals surface area contributed by atoms with E-state index in [1.54, 1.807) is 6.20 Å². The van der Waals surface area contributed by atoms with E-state index in [1.165, 1.54) is 0 Å². The van der Waals surface area contributed by atoms with E-state index in [2.05, 4.69) is 20.6 Å². The average Bonchev–Trinajstić information content (AvgIpc) is 2.88. The molecular weight excluding hydrogens is 430 g/mol. The molecule has 1 aromatic carbocycles. The number of aliphatic imine (C=N–C) groups is 1. The van der Waals surface area contributed by atoms with Gasteiger partial charge < -0.3 is 25.4 Å². The largest absolute Gasteiger partial charge is 0.389 e. The number of benzene rings is 1. The Morgan fingerprint density at radius 3 is 2.82 bits per heavy atom. The molecule has 0 aliphatic carbocycles. The number of aldehydes is 1. The molecule has 1 saturated heterocycles. The van der Waals surface area contributed by atoms with E-state index in [0.29, 0.717) is 37.0 Å². The number of aliphatic hydroxyl groups excluding tert-OH is 1. The average molecular weight is 464 g/mol. The number of guanidine groups is 1. The highest BCUT2D eigenvalue weighted by molar-refractivity contribution is 5.98. The first-order chi connectivity index (χ1) is 16.6. The number of likely N-dealkylation sites (tertiary alicyclic amines) is 1. The molecule has 2 aliphatic heterocycles. The fourth-order valence-corrected chi connectivity index (χ4v) is 4.68. The molecule has 8 nitrogen and oxygen atoms in total. The Labute approximate surface area is 200 Å². The number of β-amino-alcohol motifs (C(OH)–C–C–N with tert-alkyl or cyclic N) is 1. The van der Waals surface area contributed by atoms with Gasteiger partial charge in [-0.05, 0) is 67.3 Å². The molecule has 2 aromatic rings.